The standard InChI is InChI=1S/C28H31N2O3/c1-6-29(4)19-13-15-23-25(17-19)33-26-18-20(30(7-2)8-3)14-16-24(26)27(23)21-11-9-10-12-22(21)28(31)32-5/h9-18H,6-8H2,1-5H3/q+1. The zero-order valence-electron chi connectivity index (χ0n) is 20.0. The molecule has 0 amide bonds. The summed E-state index contributed by atoms with van der Waals surface area (Å²) in [5.41, 5.74) is 5.22. The van der Waals surface area contributed by atoms with Gasteiger partial charge in [0.15, 0.2) is 0 Å². The van der Waals surface area contributed by atoms with E-state index in [1.165, 1.54) is 7.11 Å². The number of methoxy groups -OCH3 is 1. The third-order valence-corrected chi connectivity index (χ3v) is 6.33. The second-order valence-corrected chi connectivity index (χ2v) is 8.06. The number of ether oxygens (including phenoxy) is 1. The number of carbonyl (C=O) groups is 1. The van der Waals surface area contributed by atoms with Crippen molar-refractivity contribution in [1.29, 1.82) is 0 Å². The lowest BCUT2D eigenvalue weighted by Gasteiger charge is -2.22. The van der Waals surface area contributed by atoms with Crippen molar-refractivity contribution in [2.24, 2.45) is 0 Å². The normalized spacial score (nSPS) is 12.2. The predicted molar refractivity (Wildman–Crippen MR) is 135 cm³/mol. The minimum Gasteiger partial charge on any atom is -0.465 e. The highest BCUT2D eigenvalue weighted by Gasteiger charge is 2.22. The highest BCUT2D eigenvalue weighted by atomic mass is 16.5. The van der Waals surface area contributed by atoms with Crippen LogP contribution in [0.2, 0.25) is 0 Å². The van der Waals surface area contributed by atoms with Crippen molar-refractivity contribution < 1.29 is 13.9 Å². The maximum atomic E-state index is 12.6. The maximum absolute atomic E-state index is 12.6. The fraction of sp³-hybridized carbons (Fsp3) is 0.286. The summed E-state index contributed by atoms with van der Waals surface area (Å²) >= 11 is 0. The lowest BCUT2D eigenvalue weighted by molar-refractivity contribution is 0.0601. The molecule has 0 unspecified atom stereocenters. The number of fused-ring (bicyclic) bond motifs is 2. The fourth-order valence-electron chi connectivity index (χ4n) is 4.35. The molecule has 2 aromatic carbocycles. The third kappa shape index (κ3) is 4.11. The van der Waals surface area contributed by atoms with Gasteiger partial charge >= 0.3 is 5.97 Å². The van der Waals surface area contributed by atoms with Gasteiger partial charge in [-0.1, -0.05) is 18.2 Å². The average Bonchev–Trinajstić information content (AvgIpc) is 2.86. The van der Waals surface area contributed by atoms with Gasteiger partial charge in [-0.3, -0.25) is 0 Å². The summed E-state index contributed by atoms with van der Waals surface area (Å²) in [5.74, 6) is 0.432. The largest absolute Gasteiger partial charge is 0.465 e. The highest BCUT2D eigenvalue weighted by Crippen LogP contribution is 2.42. The van der Waals surface area contributed by atoms with Crippen LogP contribution in [-0.4, -0.2) is 39.8 Å². The van der Waals surface area contributed by atoms with Crippen molar-refractivity contribution in [3.63, 3.8) is 0 Å². The molecule has 1 heterocycles. The van der Waals surface area contributed by atoms with Crippen LogP contribution in [0.5, 0.6) is 0 Å². The van der Waals surface area contributed by atoms with Crippen LogP contribution in [0.1, 0.15) is 31.1 Å². The van der Waals surface area contributed by atoms with E-state index in [1.807, 2.05) is 24.3 Å². The molecule has 33 heavy (non-hydrogen) atoms. The summed E-state index contributed by atoms with van der Waals surface area (Å²) in [4.78, 5) is 14.9. The van der Waals surface area contributed by atoms with Gasteiger partial charge in [-0.05, 0) is 50.6 Å². The number of carbonyl (C=O) groups excluding carboxylic acids is 1. The van der Waals surface area contributed by atoms with E-state index in [0.717, 1.165) is 64.1 Å². The second-order valence-electron chi connectivity index (χ2n) is 8.06. The summed E-state index contributed by atoms with van der Waals surface area (Å²) in [6.07, 6.45) is 0. The fourth-order valence-corrected chi connectivity index (χ4v) is 4.35. The van der Waals surface area contributed by atoms with Crippen molar-refractivity contribution in [2.75, 3.05) is 38.7 Å². The molecule has 2 aromatic rings. The first-order valence-electron chi connectivity index (χ1n) is 11.5. The Kier molecular flexibility index (Phi) is 6.50. The van der Waals surface area contributed by atoms with Gasteiger partial charge in [0.25, 0.3) is 0 Å². The van der Waals surface area contributed by atoms with Gasteiger partial charge in [-0.25, -0.2) is 9.37 Å². The molecule has 2 aliphatic rings. The van der Waals surface area contributed by atoms with Gasteiger partial charge in [0, 0.05) is 47.4 Å². The Bertz CT molecular complexity index is 1350. The van der Waals surface area contributed by atoms with E-state index in [2.05, 4.69) is 73.7 Å². The molecule has 0 atom stereocenters. The zero-order valence-corrected chi connectivity index (χ0v) is 20.0. The average molecular weight is 444 g/mol. The molecular weight excluding hydrogens is 412 g/mol. The van der Waals surface area contributed by atoms with Crippen LogP contribution in [0.15, 0.2) is 65.1 Å². The molecule has 0 radical (unpaired) electrons. The molecule has 0 spiro atoms. The Balaban J connectivity index is 2.12. The first-order valence-corrected chi connectivity index (χ1v) is 11.5. The molecule has 0 saturated carbocycles. The summed E-state index contributed by atoms with van der Waals surface area (Å²) in [6, 6.07) is 20.2. The van der Waals surface area contributed by atoms with Gasteiger partial charge in [0.05, 0.1) is 18.7 Å². The van der Waals surface area contributed by atoms with Crippen molar-refractivity contribution in [3.8, 4) is 22.5 Å². The maximum Gasteiger partial charge on any atom is 0.338 e. The Hall–Kier alpha value is -3.60. The number of nitrogens with zero attached hydrogens (tertiary/aromatic N) is 2. The van der Waals surface area contributed by atoms with Gasteiger partial charge in [-0.2, -0.15) is 0 Å². The van der Waals surface area contributed by atoms with Crippen molar-refractivity contribution in [2.45, 2.75) is 20.8 Å². The van der Waals surface area contributed by atoms with Crippen LogP contribution < -0.4 is 14.8 Å². The quantitative estimate of drug-likeness (QED) is 0.232. The Labute approximate surface area is 194 Å². The van der Waals surface area contributed by atoms with Crippen LogP contribution in [0.3, 0.4) is 0 Å². The Morgan fingerprint density at radius 2 is 1.73 bits per heavy atom. The minimum absolute atomic E-state index is 0.352. The van der Waals surface area contributed by atoms with E-state index in [1.54, 1.807) is 0 Å². The van der Waals surface area contributed by atoms with Crippen molar-refractivity contribution in [3.05, 3.63) is 71.6 Å². The van der Waals surface area contributed by atoms with E-state index in [9.17, 15) is 4.79 Å². The van der Waals surface area contributed by atoms with Crippen molar-refractivity contribution in [1.82, 2.24) is 4.58 Å². The lowest BCUT2D eigenvalue weighted by atomic mass is 9.90. The number of hydrogen-bond acceptors (Lipinski definition) is 4. The summed E-state index contributed by atoms with van der Waals surface area (Å²) < 4.78 is 13.7. The van der Waals surface area contributed by atoms with Crippen LogP contribution in [-0.2, 0) is 4.74 Å². The molecule has 0 N–H and O–H groups in total. The Morgan fingerprint density at radius 3 is 2.42 bits per heavy atom. The SMILES string of the molecule is CCN(CC)c1ccc2c(-c3ccccc3C(=O)OC)c3ccc(=[N+](C)CC)cc-3oc2c1. The van der Waals surface area contributed by atoms with Crippen LogP contribution in [0.25, 0.3) is 33.4 Å². The molecule has 0 aromatic heterocycles. The second kappa shape index (κ2) is 9.49. The molecule has 5 heteroatoms. The number of anilines is 1. The van der Waals surface area contributed by atoms with E-state index < -0.39 is 0 Å². The molecule has 0 saturated heterocycles. The Morgan fingerprint density at radius 1 is 0.970 bits per heavy atom. The van der Waals surface area contributed by atoms with Gasteiger partial charge in [0.1, 0.15) is 24.9 Å². The smallest absolute Gasteiger partial charge is 0.338 e. The number of benzene rings is 3. The molecule has 0 bridgehead atoms. The van der Waals surface area contributed by atoms with Crippen LogP contribution in [0, 0.1) is 0 Å². The van der Waals surface area contributed by atoms with Crippen LogP contribution in [0.4, 0.5) is 5.69 Å². The highest BCUT2D eigenvalue weighted by molar-refractivity contribution is 6.08. The number of rotatable bonds is 6. The minimum atomic E-state index is -0.352. The van der Waals surface area contributed by atoms with Gasteiger partial charge in [-0.15, -0.1) is 0 Å². The van der Waals surface area contributed by atoms with E-state index in [4.69, 9.17) is 9.15 Å². The topological polar surface area (TPSA) is 45.7 Å². The van der Waals surface area contributed by atoms with Gasteiger partial charge in [0.2, 0.25) is 5.36 Å². The molecule has 4 rings (SSSR count). The first-order chi connectivity index (χ1) is 16.0. The molecule has 5 nitrogen and oxygen atoms in total. The molecule has 170 valence electrons. The molecular formula is C28H31N2O3+. The van der Waals surface area contributed by atoms with E-state index >= 15 is 0 Å². The number of esters is 1. The van der Waals surface area contributed by atoms with Crippen molar-refractivity contribution >= 4 is 22.6 Å². The van der Waals surface area contributed by atoms with E-state index in [-0.39, 0.29) is 5.97 Å². The molecule has 1 aliphatic heterocycles. The molecule has 1 aliphatic carbocycles. The monoisotopic (exact) mass is 443 g/mol. The van der Waals surface area contributed by atoms with E-state index in [0.29, 0.717) is 5.56 Å². The zero-order chi connectivity index (χ0) is 23.5. The third-order valence-electron chi connectivity index (χ3n) is 6.33. The summed E-state index contributed by atoms with van der Waals surface area (Å²) in [5, 5.41) is 2.05. The van der Waals surface area contributed by atoms with Crippen LogP contribution >= 0.6 is 0 Å². The van der Waals surface area contributed by atoms with Gasteiger partial charge < -0.3 is 14.1 Å². The summed E-state index contributed by atoms with van der Waals surface area (Å²) in [7, 11) is 3.48. The molecule has 0 fully saturated rings. The number of hydrogen-bond donors (Lipinski definition) is 0. The lowest BCUT2D eigenvalue weighted by Crippen LogP contribution is -2.25. The predicted octanol–water partition coefficient (Wildman–Crippen LogP) is 5.26. The first kappa shape index (κ1) is 22.6. The summed E-state index contributed by atoms with van der Waals surface area (Å²) in [6.45, 7) is 9.14.